The standard InChI is InChI=1S/C16H11F2N3O3/c17-10-3-1-9(2-4-10)5-11-12(18)7-24-15(11)13(22)6-14(23)16-19-8-20-21-16/h1-4,6-8,23H,5H2,(H,19,20,21). The Bertz CT molecular complexity index is 884. The number of carbonyl (C=O) groups excluding carboxylic acids is 1. The predicted octanol–water partition coefficient (Wildman–Crippen LogP) is 3.05. The van der Waals surface area contributed by atoms with Crippen LogP contribution in [0.3, 0.4) is 0 Å². The van der Waals surface area contributed by atoms with Crippen molar-refractivity contribution in [2.75, 3.05) is 0 Å². The van der Waals surface area contributed by atoms with Gasteiger partial charge in [0.1, 0.15) is 18.4 Å². The van der Waals surface area contributed by atoms with E-state index in [0.717, 1.165) is 12.3 Å². The van der Waals surface area contributed by atoms with Gasteiger partial charge in [-0.25, -0.2) is 13.8 Å². The van der Waals surface area contributed by atoms with E-state index in [-0.39, 0.29) is 23.6 Å². The van der Waals surface area contributed by atoms with E-state index in [4.69, 9.17) is 4.42 Å². The molecule has 0 saturated carbocycles. The fourth-order valence-corrected chi connectivity index (χ4v) is 2.13. The van der Waals surface area contributed by atoms with Gasteiger partial charge in [0.15, 0.2) is 17.3 Å². The normalized spacial score (nSPS) is 11.7. The van der Waals surface area contributed by atoms with Gasteiger partial charge in [0, 0.05) is 18.1 Å². The van der Waals surface area contributed by atoms with Gasteiger partial charge in [-0.05, 0) is 17.7 Å². The molecule has 0 aliphatic heterocycles. The number of ketones is 1. The fraction of sp³-hybridized carbons (Fsp3) is 0.0625. The van der Waals surface area contributed by atoms with E-state index in [9.17, 15) is 18.7 Å². The Morgan fingerprint density at radius 3 is 2.71 bits per heavy atom. The fourth-order valence-electron chi connectivity index (χ4n) is 2.13. The van der Waals surface area contributed by atoms with Crippen molar-refractivity contribution in [1.82, 2.24) is 15.2 Å². The van der Waals surface area contributed by atoms with E-state index in [2.05, 4.69) is 15.2 Å². The van der Waals surface area contributed by atoms with Gasteiger partial charge in [0.05, 0.1) is 0 Å². The molecule has 8 heteroatoms. The first-order chi connectivity index (χ1) is 11.5. The molecule has 122 valence electrons. The molecule has 0 aliphatic carbocycles. The molecule has 0 radical (unpaired) electrons. The molecule has 0 atom stereocenters. The number of nitrogens with zero attached hydrogens (tertiary/aromatic N) is 2. The molecule has 2 aromatic heterocycles. The number of aromatic amines is 1. The Balaban J connectivity index is 1.88. The average molecular weight is 331 g/mol. The minimum absolute atomic E-state index is 0.0191. The van der Waals surface area contributed by atoms with Crippen LogP contribution in [0.2, 0.25) is 0 Å². The number of hydrogen-bond donors (Lipinski definition) is 2. The third-order valence-corrected chi connectivity index (χ3v) is 3.27. The number of aliphatic hydroxyl groups excluding tert-OH is 1. The highest BCUT2D eigenvalue weighted by Gasteiger charge is 2.20. The summed E-state index contributed by atoms with van der Waals surface area (Å²) in [5.41, 5.74) is 0.624. The number of aromatic nitrogens is 3. The number of benzene rings is 1. The van der Waals surface area contributed by atoms with Gasteiger partial charge in [0.25, 0.3) is 0 Å². The predicted molar refractivity (Wildman–Crippen MR) is 79.2 cm³/mol. The number of hydrogen-bond acceptors (Lipinski definition) is 5. The summed E-state index contributed by atoms with van der Waals surface area (Å²) in [4.78, 5) is 15.9. The van der Waals surface area contributed by atoms with Gasteiger partial charge >= 0.3 is 0 Å². The molecule has 0 bridgehead atoms. The summed E-state index contributed by atoms with van der Waals surface area (Å²) < 4.78 is 31.8. The number of carbonyl (C=O) groups is 1. The largest absolute Gasteiger partial charge is 0.504 e. The Hall–Kier alpha value is -3.29. The first kappa shape index (κ1) is 15.6. The van der Waals surface area contributed by atoms with Crippen molar-refractivity contribution < 1.29 is 23.1 Å². The van der Waals surface area contributed by atoms with E-state index in [1.807, 2.05) is 0 Å². The van der Waals surface area contributed by atoms with E-state index < -0.39 is 23.2 Å². The maximum atomic E-state index is 13.9. The van der Waals surface area contributed by atoms with Gasteiger partial charge in [-0.2, -0.15) is 5.10 Å². The summed E-state index contributed by atoms with van der Waals surface area (Å²) in [5, 5.41) is 15.8. The van der Waals surface area contributed by atoms with Crippen LogP contribution in [0, 0.1) is 11.6 Å². The van der Waals surface area contributed by atoms with Gasteiger partial charge in [-0.1, -0.05) is 12.1 Å². The van der Waals surface area contributed by atoms with Gasteiger partial charge in [0.2, 0.25) is 11.6 Å². The van der Waals surface area contributed by atoms with Crippen LogP contribution in [-0.4, -0.2) is 26.1 Å². The van der Waals surface area contributed by atoms with Crippen LogP contribution in [0.25, 0.3) is 5.76 Å². The molecule has 2 N–H and O–H groups in total. The van der Waals surface area contributed by atoms with Gasteiger partial charge < -0.3 is 9.52 Å². The maximum absolute atomic E-state index is 13.9. The lowest BCUT2D eigenvalue weighted by Gasteiger charge is -2.02. The van der Waals surface area contributed by atoms with Crippen molar-refractivity contribution in [3.05, 3.63) is 77.3 Å². The molecule has 1 aromatic carbocycles. The third-order valence-electron chi connectivity index (χ3n) is 3.27. The number of allylic oxidation sites excluding steroid dienone is 1. The molecule has 0 amide bonds. The molecule has 3 aromatic rings. The first-order valence-corrected chi connectivity index (χ1v) is 6.86. The van der Waals surface area contributed by atoms with Crippen molar-refractivity contribution in [3.8, 4) is 0 Å². The lowest BCUT2D eigenvalue weighted by atomic mass is 10.0. The maximum Gasteiger partial charge on any atom is 0.225 e. The summed E-state index contributed by atoms with van der Waals surface area (Å²) >= 11 is 0. The number of nitrogens with one attached hydrogen (secondary N) is 1. The monoisotopic (exact) mass is 331 g/mol. The summed E-state index contributed by atoms with van der Waals surface area (Å²) in [7, 11) is 0. The van der Waals surface area contributed by atoms with Gasteiger partial charge in [-0.15, -0.1) is 0 Å². The number of furan rings is 1. The zero-order valence-electron chi connectivity index (χ0n) is 12.2. The highest BCUT2D eigenvalue weighted by molar-refractivity contribution is 6.06. The molecule has 0 aliphatic rings. The smallest absolute Gasteiger partial charge is 0.225 e. The SMILES string of the molecule is O=C(C=C(O)c1nc[nH]n1)c1occ(F)c1Cc1ccc(F)cc1. The Morgan fingerprint density at radius 2 is 2.04 bits per heavy atom. The number of H-pyrrole nitrogens is 1. The van der Waals surface area contributed by atoms with Crippen LogP contribution in [0.15, 0.2) is 47.3 Å². The molecular weight excluding hydrogens is 320 g/mol. The average Bonchev–Trinajstić information content (AvgIpc) is 3.20. The van der Waals surface area contributed by atoms with Crippen LogP contribution in [0.4, 0.5) is 8.78 Å². The third kappa shape index (κ3) is 3.22. The van der Waals surface area contributed by atoms with E-state index >= 15 is 0 Å². The lowest BCUT2D eigenvalue weighted by Crippen LogP contribution is -2.02. The van der Waals surface area contributed by atoms with E-state index in [1.54, 1.807) is 0 Å². The topological polar surface area (TPSA) is 92.0 Å². The number of halogens is 2. The lowest BCUT2D eigenvalue weighted by molar-refractivity contribution is 0.102. The molecule has 24 heavy (non-hydrogen) atoms. The molecule has 3 rings (SSSR count). The van der Waals surface area contributed by atoms with Crippen molar-refractivity contribution in [2.45, 2.75) is 6.42 Å². The Kier molecular flexibility index (Phi) is 4.19. The van der Waals surface area contributed by atoms with E-state index in [1.165, 1.54) is 30.6 Å². The minimum atomic E-state index is -0.738. The summed E-state index contributed by atoms with van der Waals surface area (Å²) in [6.07, 6.45) is 2.93. The minimum Gasteiger partial charge on any atom is -0.504 e. The van der Waals surface area contributed by atoms with Crippen molar-refractivity contribution >= 4 is 11.5 Å². The van der Waals surface area contributed by atoms with Crippen LogP contribution >= 0.6 is 0 Å². The molecular formula is C16H11F2N3O3. The van der Waals surface area contributed by atoms with Crippen molar-refractivity contribution in [2.24, 2.45) is 0 Å². The van der Waals surface area contributed by atoms with Crippen molar-refractivity contribution in [1.29, 1.82) is 0 Å². The van der Waals surface area contributed by atoms with E-state index in [0.29, 0.717) is 5.56 Å². The second-order valence-corrected chi connectivity index (χ2v) is 4.91. The molecule has 2 heterocycles. The van der Waals surface area contributed by atoms with Crippen molar-refractivity contribution in [3.63, 3.8) is 0 Å². The van der Waals surface area contributed by atoms with Crippen LogP contribution in [0.1, 0.15) is 27.5 Å². The second kappa shape index (κ2) is 6.45. The Morgan fingerprint density at radius 1 is 1.29 bits per heavy atom. The summed E-state index contributed by atoms with van der Waals surface area (Å²) in [6.45, 7) is 0. The van der Waals surface area contributed by atoms with Gasteiger partial charge in [-0.3, -0.25) is 9.89 Å². The summed E-state index contributed by atoms with van der Waals surface area (Å²) in [5.74, 6) is -2.66. The van der Waals surface area contributed by atoms with Crippen LogP contribution in [-0.2, 0) is 6.42 Å². The number of aliphatic hydroxyl groups is 1. The molecule has 0 spiro atoms. The van der Waals surface area contributed by atoms with Crippen LogP contribution < -0.4 is 0 Å². The molecule has 0 fully saturated rings. The molecule has 0 unspecified atom stereocenters. The highest BCUT2D eigenvalue weighted by Crippen LogP contribution is 2.22. The Labute approximate surface area is 134 Å². The zero-order chi connectivity index (χ0) is 17.1. The van der Waals surface area contributed by atoms with Crippen LogP contribution in [0.5, 0.6) is 0 Å². The zero-order valence-corrected chi connectivity index (χ0v) is 12.2. The second-order valence-electron chi connectivity index (χ2n) is 4.91. The quantitative estimate of drug-likeness (QED) is 0.426. The first-order valence-electron chi connectivity index (χ1n) is 6.86. The molecule has 0 saturated heterocycles. The summed E-state index contributed by atoms with van der Waals surface area (Å²) in [6, 6.07) is 5.45. The number of rotatable bonds is 5. The highest BCUT2D eigenvalue weighted by atomic mass is 19.1. The molecule has 6 nitrogen and oxygen atoms in total.